The van der Waals surface area contributed by atoms with Gasteiger partial charge in [0.1, 0.15) is 16.7 Å². The van der Waals surface area contributed by atoms with Gasteiger partial charge in [-0.15, -0.1) is 0 Å². The van der Waals surface area contributed by atoms with E-state index in [1.54, 1.807) is 19.2 Å². The lowest BCUT2D eigenvalue weighted by molar-refractivity contribution is 0.398. The molecule has 2 rings (SSSR count). The Morgan fingerprint density at radius 2 is 2.13 bits per heavy atom. The van der Waals surface area contributed by atoms with Crippen LogP contribution in [0.25, 0.3) is 11.3 Å². The first-order valence-corrected chi connectivity index (χ1v) is 4.85. The van der Waals surface area contributed by atoms with Gasteiger partial charge in [-0.3, -0.25) is 0 Å². The summed E-state index contributed by atoms with van der Waals surface area (Å²) in [5, 5.41) is 0.387. The van der Waals surface area contributed by atoms with E-state index in [1.165, 1.54) is 0 Å². The number of nitrogens with zero attached hydrogens (tertiary/aromatic N) is 1. The average molecular weight is 224 g/mol. The van der Waals surface area contributed by atoms with Crippen LogP contribution in [0.2, 0.25) is 5.15 Å². The van der Waals surface area contributed by atoms with Gasteiger partial charge in [0.2, 0.25) is 5.88 Å². The molecule has 2 aromatic rings. The van der Waals surface area contributed by atoms with Gasteiger partial charge in [-0.05, 0) is 25.1 Å². The van der Waals surface area contributed by atoms with Crippen LogP contribution < -0.4 is 4.74 Å². The van der Waals surface area contributed by atoms with Crippen molar-refractivity contribution in [1.29, 1.82) is 0 Å². The predicted octanol–water partition coefficient (Wildman–Crippen LogP) is 3.31. The predicted molar refractivity (Wildman–Crippen MR) is 58.2 cm³/mol. The Hall–Kier alpha value is -1.48. The molecule has 2 heterocycles. The summed E-state index contributed by atoms with van der Waals surface area (Å²) in [6, 6.07) is 7.31. The molecule has 0 fully saturated rings. The van der Waals surface area contributed by atoms with Gasteiger partial charge >= 0.3 is 0 Å². The van der Waals surface area contributed by atoms with Crippen molar-refractivity contribution >= 4 is 11.6 Å². The molecule has 4 heteroatoms. The minimum absolute atomic E-state index is 0.387. The Morgan fingerprint density at radius 1 is 1.33 bits per heavy atom. The van der Waals surface area contributed by atoms with Crippen LogP contribution in [0, 0.1) is 6.92 Å². The highest BCUT2D eigenvalue weighted by molar-refractivity contribution is 6.29. The maximum Gasteiger partial charge on any atom is 0.215 e. The Morgan fingerprint density at radius 3 is 2.73 bits per heavy atom. The van der Waals surface area contributed by atoms with Gasteiger partial charge in [0.15, 0.2) is 0 Å². The number of rotatable bonds is 2. The quantitative estimate of drug-likeness (QED) is 0.733. The molecule has 0 spiro atoms. The molecule has 15 heavy (non-hydrogen) atoms. The molecule has 0 saturated heterocycles. The Kier molecular flexibility index (Phi) is 2.64. The zero-order valence-electron chi connectivity index (χ0n) is 8.45. The molecule has 0 N–H and O–H groups in total. The summed E-state index contributed by atoms with van der Waals surface area (Å²) in [7, 11) is 1.55. The Labute approximate surface area is 92.6 Å². The fourth-order valence-corrected chi connectivity index (χ4v) is 1.51. The molecule has 0 amide bonds. The lowest BCUT2D eigenvalue weighted by atomic mass is 10.2. The van der Waals surface area contributed by atoms with E-state index < -0.39 is 0 Å². The highest BCUT2D eigenvalue weighted by Crippen LogP contribution is 2.27. The molecule has 0 atom stereocenters. The van der Waals surface area contributed by atoms with E-state index in [9.17, 15) is 0 Å². The van der Waals surface area contributed by atoms with Crippen LogP contribution in [0.1, 0.15) is 5.76 Å². The maximum atomic E-state index is 5.85. The molecule has 0 aliphatic heterocycles. The first kappa shape index (κ1) is 10.1. The minimum Gasteiger partial charge on any atom is -0.481 e. The second-order valence-corrected chi connectivity index (χ2v) is 3.52. The van der Waals surface area contributed by atoms with E-state index in [0.29, 0.717) is 11.0 Å². The molecule has 0 radical (unpaired) electrons. The highest BCUT2D eigenvalue weighted by Gasteiger charge is 2.06. The van der Waals surface area contributed by atoms with E-state index in [2.05, 4.69) is 4.98 Å². The summed E-state index contributed by atoms with van der Waals surface area (Å²) in [5.41, 5.74) is 0.861. The molecule has 0 aromatic carbocycles. The van der Waals surface area contributed by atoms with Crippen LogP contribution in [0.15, 0.2) is 28.7 Å². The summed E-state index contributed by atoms with van der Waals surface area (Å²) in [6.45, 7) is 1.89. The number of hydrogen-bond donors (Lipinski definition) is 0. The van der Waals surface area contributed by atoms with Crippen molar-refractivity contribution in [3.8, 4) is 17.2 Å². The number of hydrogen-bond acceptors (Lipinski definition) is 3. The number of pyridine rings is 1. The topological polar surface area (TPSA) is 35.3 Å². The zero-order valence-corrected chi connectivity index (χ0v) is 9.21. The monoisotopic (exact) mass is 223 g/mol. The van der Waals surface area contributed by atoms with Crippen molar-refractivity contribution in [3.05, 3.63) is 35.2 Å². The normalized spacial score (nSPS) is 10.3. The second-order valence-electron chi connectivity index (χ2n) is 3.13. The van der Waals surface area contributed by atoms with Gasteiger partial charge in [-0.25, -0.2) is 4.98 Å². The average Bonchev–Trinajstić information content (AvgIpc) is 2.64. The standard InChI is InChI=1S/C11H10ClNO2/c1-7-3-4-9(15-7)8-5-10(12)13-11(6-8)14-2/h3-6H,1-2H3. The third-order valence-electron chi connectivity index (χ3n) is 2.00. The SMILES string of the molecule is COc1cc(-c2ccc(C)o2)cc(Cl)n1. The van der Waals surface area contributed by atoms with Gasteiger partial charge < -0.3 is 9.15 Å². The fourth-order valence-electron chi connectivity index (χ4n) is 1.31. The number of methoxy groups -OCH3 is 1. The van der Waals surface area contributed by atoms with Crippen molar-refractivity contribution in [1.82, 2.24) is 4.98 Å². The third kappa shape index (κ3) is 2.13. The number of furan rings is 1. The van der Waals surface area contributed by atoms with Crippen molar-refractivity contribution in [3.63, 3.8) is 0 Å². The zero-order chi connectivity index (χ0) is 10.8. The van der Waals surface area contributed by atoms with Crippen molar-refractivity contribution < 1.29 is 9.15 Å². The summed E-state index contributed by atoms with van der Waals surface area (Å²) in [4.78, 5) is 3.99. The van der Waals surface area contributed by atoms with Crippen LogP contribution in [0.4, 0.5) is 0 Å². The van der Waals surface area contributed by atoms with Crippen molar-refractivity contribution in [2.45, 2.75) is 6.92 Å². The molecular formula is C11H10ClNO2. The first-order chi connectivity index (χ1) is 7.19. The van der Waals surface area contributed by atoms with Crippen LogP contribution in [-0.4, -0.2) is 12.1 Å². The molecule has 0 aliphatic rings. The molecular weight excluding hydrogens is 214 g/mol. The van der Waals surface area contributed by atoms with Crippen LogP contribution in [0.3, 0.4) is 0 Å². The lowest BCUT2D eigenvalue weighted by Gasteiger charge is -2.02. The third-order valence-corrected chi connectivity index (χ3v) is 2.20. The maximum absolute atomic E-state index is 5.85. The molecule has 0 saturated carbocycles. The lowest BCUT2D eigenvalue weighted by Crippen LogP contribution is -1.88. The molecule has 0 bridgehead atoms. The molecule has 2 aromatic heterocycles. The van der Waals surface area contributed by atoms with Crippen LogP contribution in [0.5, 0.6) is 5.88 Å². The molecule has 78 valence electrons. The summed E-state index contributed by atoms with van der Waals surface area (Å²) in [5.74, 6) is 2.10. The van der Waals surface area contributed by atoms with E-state index in [4.69, 9.17) is 20.8 Å². The van der Waals surface area contributed by atoms with Gasteiger partial charge in [0, 0.05) is 11.6 Å². The molecule has 0 unspecified atom stereocenters. The van der Waals surface area contributed by atoms with Crippen molar-refractivity contribution in [2.24, 2.45) is 0 Å². The largest absolute Gasteiger partial charge is 0.481 e. The van der Waals surface area contributed by atoms with Crippen LogP contribution >= 0.6 is 11.6 Å². The number of ether oxygens (including phenoxy) is 1. The molecule has 0 aliphatic carbocycles. The van der Waals surface area contributed by atoms with Crippen LogP contribution in [-0.2, 0) is 0 Å². The van der Waals surface area contributed by atoms with E-state index in [-0.39, 0.29) is 0 Å². The first-order valence-electron chi connectivity index (χ1n) is 4.47. The van der Waals surface area contributed by atoms with E-state index in [0.717, 1.165) is 17.1 Å². The van der Waals surface area contributed by atoms with Gasteiger partial charge in [0.25, 0.3) is 0 Å². The van der Waals surface area contributed by atoms with Gasteiger partial charge in [0.05, 0.1) is 7.11 Å². The van der Waals surface area contributed by atoms with E-state index in [1.807, 2.05) is 19.1 Å². The second kappa shape index (κ2) is 3.95. The number of aryl methyl sites for hydroxylation is 1. The Bertz CT molecular complexity index is 479. The highest BCUT2D eigenvalue weighted by atomic mass is 35.5. The number of halogens is 1. The summed E-state index contributed by atoms with van der Waals surface area (Å²) >= 11 is 5.85. The van der Waals surface area contributed by atoms with Gasteiger partial charge in [-0.1, -0.05) is 11.6 Å². The molecule has 3 nitrogen and oxygen atoms in total. The van der Waals surface area contributed by atoms with E-state index >= 15 is 0 Å². The van der Waals surface area contributed by atoms with Gasteiger partial charge in [-0.2, -0.15) is 0 Å². The van der Waals surface area contributed by atoms with Crippen molar-refractivity contribution in [2.75, 3.05) is 7.11 Å². The summed E-state index contributed by atoms with van der Waals surface area (Å²) < 4.78 is 10.5. The number of aromatic nitrogens is 1. The fraction of sp³-hybridized carbons (Fsp3) is 0.182. The Balaban J connectivity index is 2.48. The smallest absolute Gasteiger partial charge is 0.215 e. The minimum atomic E-state index is 0.387. The summed E-state index contributed by atoms with van der Waals surface area (Å²) in [6.07, 6.45) is 0.